The van der Waals surface area contributed by atoms with E-state index in [-0.39, 0.29) is 6.10 Å². The first-order valence-electron chi connectivity index (χ1n) is 8.30. The van der Waals surface area contributed by atoms with Crippen molar-refractivity contribution in [3.63, 3.8) is 0 Å². The van der Waals surface area contributed by atoms with E-state index in [0.29, 0.717) is 6.04 Å². The average molecular weight is 295 g/mol. The van der Waals surface area contributed by atoms with Gasteiger partial charge < -0.3 is 9.64 Å². The van der Waals surface area contributed by atoms with Crippen molar-refractivity contribution in [2.45, 2.75) is 37.8 Å². The van der Waals surface area contributed by atoms with Crippen LogP contribution in [-0.4, -0.2) is 24.5 Å². The Kier molecular flexibility index (Phi) is 5.12. The molecule has 2 heteroatoms. The number of nitrogens with zero attached hydrogens (tertiary/aromatic N) is 1. The summed E-state index contributed by atoms with van der Waals surface area (Å²) in [4.78, 5) is 2.49. The van der Waals surface area contributed by atoms with E-state index in [0.717, 1.165) is 12.2 Å². The first-order chi connectivity index (χ1) is 10.8. The lowest BCUT2D eigenvalue weighted by Crippen LogP contribution is -2.37. The topological polar surface area (TPSA) is 12.5 Å². The molecule has 116 valence electrons. The molecule has 3 rings (SSSR count). The van der Waals surface area contributed by atoms with Gasteiger partial charge in [0.1, 0.15) is 11.9 Å². The van der Waals surface area contributed by atoms with E-state index in [1.54, 1.807) is 0 Å². The number of ether oxygens (including phenoxy) is 1. The van der Waals surface area contributed by atoms with Gasteiger partial charge in [-0.3, -0.25) is 0 Å². The van der Waals surface area contributed by atoms with Crippen LogP contribution >= 0.6 is 0 Å². The summed E-state index contributed by atoms with van der Waals surface area (Å²) in [7, 11) is 2.24. The molecule has 0 aromatic heterocycles. The molecule has 2 aromatic carbocycles. The van der Waals surface area contributed by atoms with Crippen LogP contribution in [0.5, 0.6) is 5.75 Å². The SMILES string of the molecule is CN1CCCCC1CC(Oc1ccccc1)c1ccccc1. The number of rotatable bonds is 5. The predicted octanol–water partition coefficient (Wildman–Crippen LogP) is 4.68. The van der Waals surface area contributed by atoms with E-state index in [1.807, 2.05) is 30.3 Å². The largest absolute Gasteiger partial charge is 0.486 e. The highest BCUT2D eigenvalue weighted by Gasteiger charge is 2.24. The van der Waals surface area contributed by atoms with Gasteiger partial charge in [-0.05, 0) is 44.1 Å². The molecule has 0 amide bonds. The van der Waals surface area contributed by atoms with Crippen LogP contribution in [-0.2, 0) is 0 Å². The fraction of sp³-hybridized carbons (Fsp3) is 0.400. The fourth-order valence-corrected chi connectivity index (χ4v) is 3.27. The van der Waals surface area contributed by atoms with Gasteiger partial charge in [-0.1, -0.05) is 55.0 Å². The van der Waals surface area contributed by atoms with Crippen LogP contribution in [0.15, 0.2) is 60.7 Å². The maximum absolute atomic E-state index is 6.32. The van der Waals surface area contributed by atoms with E-state index in [9.17, 15) is 0 Å². The highest BCUT2D eigenvalue weighted by Crippen LogP contribution is 2.30. The molecular weight excluding hydrogens is 270 g/mol. The number of piperidine rings is 1. The summed E-state index contributed by atoms with van der Waals surface area (Å²) >= 11 is 0. The Balaban J connectivity index is 1.77. The zero-order chi connectivity index (χ0) is 15.2. The smallest absolute Gasteiger partial charge is 0.125 e. The molecule has 2 aromatic rings. The monoisotopic (exact) mass is 295 g/mol. The first kappa shape index (κ1) is 15.1. The van der Waals surface area contributed by atoms with Gasteiger partial charge >= 0.3 is 0 Å². The minimum absolute atomic E-state index is 0.120. The summed E-state index contributed by atoms with van der Waals surface area (Å²) in [5.74, 6) is 0.954. The second-order valence-corrected chi connectivity index (χ2v) is 6.20. The summed E-state index contributed by atoms with van der Waals surface area (Å²) in [6.07, 6.45) is 5.10. The van der Waals surface area contributed by atoms with Crippen molar-refractivity contribution in [1.82, 2.24) is 4.90 Å². The number of hydrogen-bond donors (Lipinski definition) is 0. The molecule has 1 fully saturated rings. The lowest BCUT2D eigenvalue weighted by Gasteiger charge is -2.35. The third-order valence-corrected chi connectivity index (χ3v) is 4.60. The summed E-state index contributed by atoms with van der Waals surface area (Å²) in [6, 6.07) is 21.4. The van der Waals surface area contributed by atoms with Crippen molar-refractivity contribution in [3.05, 3.63) is 66.2 Å². The molecule has 1 saturated heterocycles. The highest BCUT2D eigenvalue weighted by molar-refractivity contribution is 5.24. The van der Waals surface area contributed by atoms with Crippen LogP contribution in [0.1, 0.15) is 37.4 Å². The van der Waals surface area contributed by atoms with Gasteiger partial charge in [-0.2, -0.15) is 0 Å². The molecule has 1 aliphatic rings. The van der Waals surface area contributed by atoms with Crippen LogP contribution in [0.4, 0.5) is 0 Å². The van der Waals surface area contributed by atoms with Crippen LogP contribution < -0.4 is 4.74 Å². The Bertz CT molecular complexity index is 554. The summed E-state index contributed by atoms with van der Waals surface area (Å²) in [5.41, 5.74) is 1.27. The van der Waals surface area contributed by atoms with Crippen LogP contribution in [0.3, 0.4) is 0 Å². The molecule has 2 unspecified atom stereocenters. The van der Waals surface area contributed by atoms with Crippen LogP contribution in [0.2, 0.25) is 0 Å². The Morgan fingerprint density at radius 2 is 1.68 bits per heavy atom. The van der Waals surface area contributed by atoms with E-state index >= 15 is 0 Å². The minimum Gasteiger partial charge on any atom is -0.486 e. The van der Waals surface area contributed by atoms with E-state index in [1.165, 1.54) is 31.4 Å². The van der Waals surface area contributed by atoms with Crippen molar-refractivity contribution in [2.24, 2.45) is 0 Å². The van der Waals surface area contributed by atoms with Crippen LogP contribution in [0.25, 0.3) is 0 Å². The molecule has 0 N–H and O–H groups in total. The molecule has 22 heavy (non-hydrogen) atoms. The normalized spacial score (nSPS) is 20.5. The lowest BCUT2D eigenvalue weighted by molar-refractivity contribution is 0.109. The Morgan fingerprint density at radius 1 is 1.00 bits per heavy atom. The Morgan fingerprint density at radius 3 is 2.36 bits per heavy atom. The van der Waals surface area contributed by atoms with Gasteiger partial charge in [-0.25, -0.2) is 0 Å². The third-order valence-electron chi connectivity index (χ3n) is 4.60. The van der Waals surface area contributed by atoms with Gasteiger partial charge in [-0.15, -0.1) is 0 Å². The molecule has 0 saturated carbocycles. The van der Waals surface area contributed by atoms with E-state index in [4.69, 9.17) is 4.74 Å². The van der Waals surface area contributed by atoms with Gasteiger partial charge in [0.15, 0.2) is 0 Å². The standard InChI is InChI=1S/C20H25NO/c1-21-15-9-8-12-18(21)16-20(17-10-4-2-5-11-17)22-19-13-6-3-7-14-19/h2-7,10-11,13-14,18,20H,8-9,12,15-16H2,1H3. The van der Waals surface area contributed by atoms with E-state index in [2.05, 4.69) is 42.3 Å². The molecule has 0 bridgehead atoms. The van der Waals surface area contributed by atoms with Gasteiger partial charge in [0.05, 0.1) is 0 Å². The number of hydrogen-bond acceptors (Lipinski definition) is 2. The van der Waals surface area contributed by atoms with Gasteiger partial charge in [0.25, 0.3) is 0 Å². The van der Waals surface area contributed by atoms with Crippen molar-refractivity contribution in [2.75, 3.05) is 13.6 Å². The molecule has 1 heterocycles. The molecule has 2 nitrogen and oxygen atoms in total. The zero-order valence-corrected chi connectivity index (χ0v) is 13.3. The van der Waals surface area contributed by atoms with Crippen molar-refractivity contribution in [3.8, 4) is 5.75 Å². The Labute approximate surface area is 133 Å². The molecule has 1 aliphatic heterocycles. The zero-order valence-electron chi connectivity index (χ0n) is 13.3. The molecule has 0 spiro atoms. The Hall–Kier alpha value is -1.80. The average Bonchev–Trinajstić information content (AvgIpc) is 2.58. The lowest BCUT2D eigenvalue weighted by atomic mass is 9.94. The summed E-state index contributed by atoms with van der Waals surface area (Å²) in [5, 5.41) is 0. The maximum Gasteiger partial charge on any atom is 0.125 e. The first-order valence-corrected chi connectivity index (χ1v) is 8.30. The number of likely N-dealkylation sites (tertiary alicyclic amines) is 1. The second-order valence-electron chi connectivity index (χ2n) is 6.20. The van der Waals surface area contributed by atoms with E-state index < -0.39 is 0 Å². The van der Waals surface area contributed by atoms with Crippen molar-refractivity contribution in [1.29, 1.82) is 0 Å². The van der Waals surface area contributed by atoms with Crippen molar-refractivity contribution < 1.29 is 4.74 Å². The number of para-hydroxylation sites is 1. The summed E-state index contributed by atoms with van der Waals surface area (Å²) in [6.45, 7) is 1.21. The quantitative estimate of drug-likeness (QED) is 0.794. The van der Waals surface area contributed by atoms with Crippen LogP contribution in [0, 0.1) is 0 Å². The number of benzene rings is 2. The fourth-order valence-electron chi connectivity index (χ4n) is 3.27. The second kappa shape index (κ2) is 7.46. The molecular formula is C20H25NO. The maximum atomic E-state index is 6.32. The van der Waals surface area contributed by atoms with Crippen molar-refractivity contribution >= 4 is 0 Å². The third kappa shape index (κ3) is 3.89. The predicted molar refractivity (Wildman–Crippen MR) is 91.1 cm³/mol. The minimum atomic E-state index is 0.120. The highest BCUT2D eigenvalue weighted by atomic mass is 16.5. The van der Waals surface area contributed by atoms with Gasteiger partial charge in [0.2, 0.25) is 0 Å². The molecule has 0 aliphatic carbocycles. The summed E-state index contributed by atoms with van der Waals surface area (Å²) < 4.78 is 6.32. The molecule has 0 radical (unpaired) electrons. The molecule has 2 atom stereocenters. The van der Waals surface area contributed by atoms with Gasteiger partial charge in [0, 0.05) is 12.5 Å².